The number of rotatable bonds is 36. The Bertz CT molecular complexity index is 645. The highest BCUT2D eigenvalue weighted by Crippen LogP contribution is 2.25. The Morgan fingerprint density at radius 3 is 0.896 bits per heavy atom. The fourth-order valence-corrected chi connectivity index (χ4v) is 8.58. The summed E-state index contributed by atoms with van der Waals surface area (Å²) in [4.78, 5) is 22.1. The van der Waals surface area contributed by atoms with Gasteiger partial charge in [0.05, 0.1) is 14.2 Å². The van der Waals surface area contributed by atoms with Gasteiger partial charge >= 0.3 is 11.9 Å². The van der Waals surface area contributed by atoms with Crippen molar-refractivity contribution in [1.82, 2.24) is 0 Å². The molecule has 0 radical (unpaired) electrons. The van der Waals surface area contributed by atoms with E-state index in [0.29, 0.717) is 12.8 Å². The zero-order valence-electron chi connectivity index (χ0n) is 33.2. The number of methoxy groups -OCH3 is 2. The van der Waals surface area contributed by atoms with Gasteiger partial charge in [0, 0.05) is 23.3 Å². The fraction of sp³-hybridized carbons (Fsp3) is 0.952. The predicted octanol–water partition coefficient (Wildman–Crippen LogP) is 14.3. The van der Waals surface area contributed by atoms with Gasteiger partial charge in [0.15, 0.2) is 0 Å². The molecule has 0 fully saturated rings. The maximum atomic E-state index is 11.0. The third-order valence-corrected chi connectivity index (χ3v) is 11.9. The highest BCUT2D eigenvalue weighted by molar-refractivity contribution is 8.00. The molecule has 0 spiro atoms. The van der Waals surface area contributed by atoms with E-state index in [0.717, 1.165) is 23.3 Å². The van der Waals surface area contributed by atoms with Gasteiger partial charge in [-0.25, -0.2) is 0 Å². The molecule has 0 saturated carbocycles. The van der Waals surface area contributed by atoms with Crippen LogP contribution in [0.3, 0.4) is 0 Å². The number of hydrogen-bond donors (Lipinski definition) is 0. The second-order valence-electron chi connectivity index (χ2n) is 13.7. The van der Waals surface area contributed by atoms with E-state index in [9.17, 15) is 9.59 Å². The van der Waals surface area contributed by atoms with Crippen molar-refractivity contribution in [3.05, 3.63) is 0 Å². The van der Waals surface area contributed by atoms with Crippen LogP contribution < -0.4 is 0 Å². The van der Waals surface area contributed by atoms with Gasteiger partial charge in [-0.05, 0) is 50.0 Å². The topological polar surface area (TPSA) is 52.6 Å². The molecule has 0 heterocycles. The van der Waals surface area contributed by atoms with E-state index in [4.69, 9.17) is 0 Å². The summed E-state index contributed by atoms with van der Waals surface area (Å²) in [6, 6.07) is 0. The van der Waals surface area contributed by atoms with Crippen LogP contribution >= 0.6 is 23.5 Å². The van der Waals surface area contributed by atoms with Crippen molar-refractivity contribution in [2.24, 2.45) is 0 Å². The largest absolute Gasteiger partial charge is 0.469 e. The standard InChI is InChI=1S/2C21H42O2S/c1-4-6-7-8-11-14-17-20(24-5-2)18-15-12-9-10-13-16-19-21(22)23-3;1-4-6-7-8-9-11-14-17-20(24-5-2)18-15-12-10-13-16-19-21(22)23-3/h2*20H,4-19H2,1-3H3. The van der Waals surface area contributed by atoms with Crippen molar-refractivity contribution in [3.8, 4) is 0 Å². The van der Waals surface area contributed by atoms with Gasteiger partial charge in [-0.15, -0.1) is 0 Å². The van der Waals surface area contributed by atoms with Crippen molar-refractivity contribution < 1.29 is 19.1 Å². The maximum absolute atomic E-state index is 11.0. The lowest BCUT2D eigenvalue weighted by Gasteiger charge is -2.15. The number of carbonyl (C=O) groups is 2. The Kier molecular flexibility index (Phi) is 44.4. The molecule has 0 aromatic carbocycles. The second-order valence-corrected chi connectivity index (χ2v) is 16.9. The van der Waals surface area contributed by atoms with Crippen LogP contribution in [0.4, 0.5) is 0 Å². The van der Waals surface area contributed by atoms with Crippen LogP contribution in [0.25, 0.3) is 0 Å². The minimum atomic E-state index is -0.0656. The lowest BCUT2D eigenvalue weighted by Crippen LogP contribution is -2.03. The number of thioether (sulfide) groups is 2. The van der Waals surface area contributed by atoms with E-state index in [1.54, 1.807) is 0 Å². The molecule has 2 atom stereocenters. The molecule has 0 rings (SSSR count). The first kappa shape index (κ1) is 49.8. The van der Waals surface area contributed by atoms with Gasteiger partial charge in [-0.1, -0.05) is 169 Å². The Balaban J connectivity index is 0. The van der Waals surface area contributed by atoms with Crippen LogP contribution in [0.2, 0.25) is 0 Å². The molecular formula is C42H84O4S2. The summed E-state index contributed by atoms with van der Waals surface area (Å²) in [6.45, 7) is 9.15. The Labute approximate surface area is 310 Å². The summed E-state index contributed by atoms with van der Waals surface area (Å²) in [6.07, 6.45) is 38.7. The SMILES string of the molecule is CCCCCCCCC(CCCCCCCCC(=O)OC)SCC.CCCCCCCCCC(CCCCCCCC(=O)OC)SCC. The average molecular weight is 717 g/mol. The molecule has 0 aliphatic rings. The maximum Gasteiger partial charge on any atom is 0.305 e. The molecule has 4 nitrogen and oxygen atoms in total. The third-order valence-electron chi connectivity index (χ3n) is 9.33. The van der Waals surface area contributed by atoms with E-state index in [2.05, 4.69) is 60.7 Å². The van der Waals surface area contributed by atoms with Crippen molar-refractivity contribution in [2.75, 3.05) is 25.7 Å². The lowest BCUT2D eigenvalue weighted by atomic mass is 10.0. The molecule has 0 aliphatic heterocycles. The summed E-state index contributed by atoms with van der Waals surface area (Å²) in [7, 11) is 2.94. The van der Waals surface area contributed by atoms with Crippen LogP contribution in [-0.4, -0.2) is 48.2 Å². The number of esters is 2. The Hall–Kier alpha value is -0.360. The van der Waals surface area contributed by atoms with E-state index in [1.807, 2.05) is 0 Å². The van der Waals surface area contributed by atoms with Crippen molar-refractivity contribution >= 4 is 35.5 Å². The van der Waals surface area contributed by atoms with E-state index >= 15 is 0 Å². The van der Waals surface area contributed by atoms with Crippen LogP contribution in [0, 0.1) is 0 Å². The first-order valence-electron chi connectivity index (χ1n) is 20.9. The first-order valence-corrected chi connectivity index (χ1v) is 22.9. The number of carbonyl (C=O) groups excluding carboxylic acids is 2. The summed E-state index contributed by atoms with van der Waals surface area (Å²) in [5.41, 5.74) is 0. The summed E-state index contributed by atoms with van der Waals surface area (Å²) < 4.78 is 9.33. The number of hydrogen-bond acceptors (Lipinski definition) is 6. The summed E-state index contributed by atoms with van der Waals surface area (Å²) in [5.74, 6) is 2.38. The van der Waals surface area contributed by atoms with Crippen molar-refractivity contribution in [1.29, 1.82) is 0 Å². The molecule has 0 N–H and O–H groups in total. The van der Waals surface area contributed by atoms with Gasteiger partial charge < -0.3 is 9.47 Å². The quantitative estimate of drug-likeness (QED) is 0.0475. The molecule has 48 heavy (non-hydrogen) atoms. The van der Waals surface area contributed by atoms with Gasteiger partial charge in [-0.2, -0.15) is 23.5 Å². The molecule has 0 aromatic rings. The molecule has 6 heteroatoms. The van der Waals surface area contributed by atoms with E-state index < -0.39 is 0 Å². The molecule has 0 bridgehead atoms. The molecule has 0 aliphatic carbocycles. The number of ether oxygens (including phenoxy) is 2. The first-order chi connectivity index (χ1) is 23.5. The third kappa shape index (κ3) is 40.1. The molecule has 2 unspecified atom stereocenters. The van der Waals surface area contributed by atoms with Crippen LogP contribution in [0.5, 0.6) is 0 Å². The number of unbranched alkanes of at least 4 members (excludes halogenated alkanes) is 20. The Morgan fingerprint density at radius 1 is 0.396 bits per heavy atom. The molecule has 0 amide bonds. The monoisotopic (exact) mass is 717 g/mol. The fourth-order valence-electron chi connectivity index (χ4n) is 6.30. The van der Waals surface area contributed by atoms with E-state index in [1.165, 1.54) is 193 Å². The van der Waals surface area contributed by atoms with Crippen LogP contribution in [0.15, 0.2) is 0 Å². The lowest BCUT2D eigenvalue weighted by molar-refractivity contribution is -0.141. The molecule has 288 valence electrons. The van der Waals surface area contributed by atoms with Crippen molar-refractivity contribution in [3.63, 3.8) is 0 Å². The average Bonchev–Trinajstić information content (AvgIpc) is 3.09. The van der Waals surface area contributed by atoms with Gasteiger partial charge in [-0.3, -0.25) is 9.59 Å². The normalized spacial score (nSPS) is 12.3. The highest BCUT2D eigenvalue weighted by Gasteiger charge is 2.09. The minimum Gasteiger partial charge on any atom is -0.469 e. The van der Waals surface area contributed by atoms with Gasteiger partial charge in [0.1, 0.15) is 0 Å². The smallest absolute Gasteiger partial charge is 0.305 e. The van der Waals surface area contributed by atoms with Gasteiger partial charge in [0.2, 0.25) is 0 Å². The van der Waals surface area contributed by atoms with Crippen molar-refractivity contribution in [2.45, 2.75) is 231 Å². The predicted molar refractivity (Wildman–Crippen MR) is 218 cm³/mol. The van der Waals surface area contributed by atoms with Crippen LogP contribution in [-0.2, 0) is 19.1 Å². The molecule has 0 saturated heterocycles. The summed E-state index contributed by atoms with van der Waals surface area (Å²) in [5, 5.41) is 1.77. The van der Waals surface area contributed by atoms with E-state index in [-0.39, 0.29) is 11.9 Å². The Morgan fingerprint density at radius 2 is 0.646 bits per heavy atom. The van der Waals surface area contributed by atoms with Gasteiger partial charge in [0.25, 0.3) is 0 Å². The zero-order valence-corrected chi connectivity index (χ0v) is 34.9. The summed E-state index contributed by atoms with van der Waals surface area (Å²) >= 11 is 4.33. The highest BCUT2D eigenvalue weighted by atomic mass is 32.2. The zero-order chi connectivity index (χ0) is 35.8. The second kappa shape index (κ2) is 42.8. The molecule has 0 aromatic heterocycles. The molecular weight excluding hydrogens is 633 g/mol. The minimum absolute atomic E-state index is 0.0656. The van der Waals surface area contributed by atoms with Crippen LogP contribution in [0.1, 0.15) is 220 Å².